The van der Waals surface area contributed by atoms with Crippen molar-refractivity contribution in [2.45, 2.75) is 47.1 Å². The third-order valence-corrected chi connectivity index (χ3v) is 5.31. The van der Waals surface area contributed by atoms with Gasteiger partial charge < -0.3 is 5.32 Å². The summed E-state index contributed by atoms with van der Waals surface area (Å²) in [5, 5.41) is 18.5. The molecular weight excluding hydrogens is 380 g/mol. The maximum atomic E-state index is 12.8. The van der Waals surface area contributed by atoms with Gasteiger partial charge in [0.1, 0.15) is 11.4 Å². The molecule has 0 aliphatic heterocycles. The lowest BCUT2D eigenvalue weighted by atomic mass is 10.0. The number of para-hydroxylation sites is 1. The zero-order chi connectivity index (χ0) is 21.8. The smallest absolute Gasteiger partial charge is 0.312 e. The molecule has 3 rings (SSSR count). The molecule has 7 heteroatoms. The summed E-state index contributed by atoms with van der Waals surface area (Å²) in [4.78, 5) is 23.6. The normalized spacial score (nSPS) is 10.8. The van der Waals surface area contributed by atoms with Gasteiger partial charge in [-0.25, -0.2) is 0 Å². The second kappa shape index (κ2) is 8.90. The molecule has 0 saturated heterocycles. The molecule has 0 unspecified atom stereocenters. The number of anilines is 1. The molecule has 1 amide bonds. The Balaban J connectivity index is 1.78. The molecule has 0 radical (unpaired) electrons. The van der Waals surface area contributed by atoms with E-state index in [4.69, 9.17) is 0 Å². The lowest BCUT2D eigenvalue weighted by molar-refractivity contribution is -0.386. The molecule has 7 nitrogen and oxygen atoms in total. The van der Waals surface area contributed by atoms with Crippen LogP contribution in [0.2, 0.25) is 0 Å². The molecule has 0 saturated carbocycles. The van der Waals surface area contributed by atoms with Gasteiger partial charge in [-0.05, 0) is 55.5 Å². The van der Waals surface area contributed by atoms with Gasteiger partial charge in [-0.1, -0.05) is 44.2 Å². The molecule has 0 atom stereocenters. The van der Waals surface area contributed by atoms with Crippen LogP contribution in [0.15, 0.2) is 42.5 Å². The molecule has 0 aliphatic rings. The number of rotatable bonds is 7. The molecule has 0 fully saturated rings. The number of carbonyl (C=O) groups is 1. The van der Waals surface area contributed by atoms with E-state index in [2.05, 4.69) is 24.3 Å². The number of nitro groups is 1. The highest BCUT2D eigenvalue weighted by Gasteiger charge is 2.21. The van der Waals surface area contributed by atoms with Crippen LogP contribution >= 0.6 is 0 Å². The predicted molar refractivity (Wildman–Crippen MR) is 117 cm³/mol. The molecule has 0 spiro atoms. The highest BCUT2D eigenvalue weighted by atomic mass is 16.6. The fraction of sp³-hybridized carbons (Fsp3) is 0.304. The third-order valence-electron chi connectivity index (χ3n) is 5.31. The number of hydrogen-bond donors (Lipinski definition) is 1. The lowest BCUT2D eigenvalue weighted by Gasteiger charge is -2.14. The SMILES string of the molecule is CCc1cccc(CC)c1NC(=O)c1ccc(Cn2nc(C)c([N+](=O)[O-])c2C)cc1. The second-order valence-corrected chi connectivity index (χ2v) is 7.24. The van der Waals surface area contributed by atoms with Gasteiger partial charge in [0.05, 0.1) is 11.5 Å². The van der Waals surface area contributed by atoms with Crippen LogP contribution in [0.4, 0.5) is 11.4 Å². The molecule has 0 bridgehead atoms. The number of nitrogens with one attached hydrogen (secondary N) is 1. The first-order valence-corrected chi connectivity index (χ1v) is 10.0. The first kappa shape index (κ1) is 21.2. The summed E-state index contributed by atoms with van der Waals surface area (Å²) >= 11 is 0. The standard InChI is InChI=1S/C23H26N4O3/c1-5-18-8-7-9-19(6-2)21(18)24-23(28)20-12-10-17(11-13-20)14-26-16(4)22(27(29)30)15(3)25-26/h7-13H,5-6,14H2,1-4H3,(H,24,28). The Morgan fingerprint density at radius 3 is 2.17 bits per heavy atom. The van der Waals surface area contributed by atoms with E-state index in [-0.39, 0.29) is 11.6 Å². The number of aryl methyl sites for hydroxylation is 3. The zero-order valence-electron chi connectivity index (χ0n) is 17.7. The average Bonchev–Trinajstić information content (AvgIpc) is 3.01. The summed E-state index contributed by atoms with van der Waals surface area (Å²) in [6.07, 6.45) is 1.69. The minimum Gasteiger partial charge on any atom is -0.321 e. The molecular formula is C23H26N4O3. The average molecular weight is 406 g/mol. The zero-order valence-corrected chi connectivity index (χ0v) is 17.7. The monoisotopic (exact) mass is 406 g/mol. The summed E-state index contributed by atoms with van der Waals surface area (Å²) in [6.45, 7) is 7.87. The van der Waals surface area contributed by atoms with Gasteiger partial charge in [0.25, 0.3) is 5.91 Å². The van der Waals surface area contributed by atoms with Crippen molar-refractivity contribution in [1.82, 2.24) is 9.78 Å². The van der Waals surface area contributed by atoms with Crippen molar-refractivity contribution in [2.75, 3.05) is 5.32 Å². The molecule has 1 aromatic heterocycles. The van der Waals surface area contributed by atoms with Crippen molar-refractivity contribution in [1.29, 1.82) is 0 Å². The molecule has 3 aromatic rings. The molecule has 1 heterocycles. The van der Waals surface area contributed by atoms with Crippen LogP contribution in [0.1, 0.15) is 52.3 Å². The van der Waals surface area contributed by atoms with Crippen LogP contribution < -0.4 is 5.32 Å². The number of hydrogen-bond acceptors (Lipinski definition) is 4. The summed E-state index contributed by atoms with van der Waals surface area (Å²) in [5.41, 5.74) is 5.56. The number of aromatic nitrogens is 2. The number of benzene rings is 2. The van der Waals surface area contributed by atoms with E-state index < -0.39 is 4.92 Å². The second-order valence-electron chi connectivity index (χ2n) is 7.24. The minimum atomic E-state index is -0.402. The summed E-state index contributed by atoms with van der Waals surface area (Å²) in [6, 6.07) is 13.3. The van der Waals surface area contributed by atoms with Gasteiger partial charge in [0.2, 0.25) is 0 Å². The Morgan fingerprint density at radius 2 is 1.67 bits per heavy atom. The Hall–Kier alpha value is -3.48. The van der Waals surface area contributed by atoms with Crippen molar-refractivity contribution in [2.24, 2.45) is 0 Å². The quantitative estimate of drug-likeness (QED) is 0.449. The Morgan fingerprint density at radius 1 is 1.07 bits per heavy atom. The van der Waals surface area contributed by atoms with E-state index in [1.165, 1.54) is 0 Å². The van der Waals surface area contributed by atoms with Crippen molar-refractivity contribution in [3.8, 4) is 0 Å². The van der Waals surface area contributed by atoms with Crippen molar-refractivity contribution in [3.63, 3.8) is 0 Å². The Kier molecular flexibility index (Phi) is 6.30. The van der Waals surface area contributed by atoms with Crippen LogP contribution in [-0.4, -0.2) is 20.6 Å². The minimum absolute atomic E-state index is 0.0484. The Bertz CT molecular complexity index is 1060. The van der Waals surface area contributed by atoms with Crippen LogP contribution in [0.25, 0.3) is 0 Å². The maximum absolute atomic E-state index is 12.8. The number of nitrogens with zero attached hydrogens (tertiary/aromatic N) is 3. The van der Waals surface area contributed by atoms with E-state index >= 15 is 0 Å². The predicted octanol–water partition coefficient (Wildman–Crippen LogP) is 4.83. The van der Waals surface area contributed by atoms with Crippen molar-refractivity contribution < 1.29 is 9.72 Å². The number of amides is 1. The van der Waals surface area contributed by atoms with Gasteiger partial charge >= 0.3 is 5.69 Å². The summed E-state index contributed by atoms with van der Waals surface area (Å²) in [7, 11) is 0. The first-order chi connectivity index (χ1) is 14.3. The molecule has 2 aromatic carbocycles. The van der Waals surface area contributed by atoms with Crippen LogP contribution in [0.5, 0.6) is 0 Å². The van der Waals surface area contributed by atoms with Gasteiger partial charge in [-0.15, -0.1) is 0 Å². The summed E-state index contributed by atoms with van der Waals surface area (Å²) in [5.74, 6) is -0.154. The van der Waals surface area contributed by atoms with E-state index in [0.29, 0.717) is 23.5 Å². The van der Waals surface area contributed by atoms with E-state index in [1.807, 2.05) is 30.3 Å². The lowest BCUT2D eigenvalue weighted by Crippen LogP contribution is -2.15. The maximum Gasteiger partial charge on any atom is 0.312 e. The van der Waals surface area contributed by atoms with Crippen LogP contribution in [0.3, 0.4) is 0 Å². The van der Waals surface area contributed by atoms with Gasteiger partial charge in [-0.3, -0.25) is 19.6 Å². The summed E-state index contributed by atoms with van der Waals surface area (Å²) < 4.78 is 1.62. The fourth-order valence-corrected chi connectivity index (χ4v) is 3.63. The Labute approximate surface area is 175 Å². The van der Waals surface area contributed by atoms with Crippen molar-refractivity contribution >= 4 is 17.3 Å². The number of carbonyl (C=O) groups excluding carboxylic acids is 1. The fourth-order valence-electron chi connectivity index (χ4n) is 3.63. The largest absolute Gasteiger partial charge is 0.321 e. The third kappa shape index (κ3) is 4.25. The van der Waals surface area contributed by atoms with E-state index in [0.717, 1.165) is 35.2 Å². The van der Waals surface area contributed by atoms with Crippen LogP contribution in [-0.2, 0) is 19.4 Å². The van der Waals surface area contributed by atoms with E-state index in [9.17, 15) is 14.9 Å². The molecule has 1 N–H and O–H groups in total. The van der Waals surface area contributed by atoms with Gasteiger partial charge in [-0.2, -0.15) is 5.10 Å². The highest BCUT2D eigenvalue weighted by molar-refractivity contribution is 6.05. The first-order valence-electron chi connectivity index (χ1n) is 10.0. The molecule has 0 aliphatic carbocycles. The highest BCUT2D eigenvalue weighted by Crippen LogP contribution is 2.24. The van der Waals surface area contributed by atoms with E-state index in [1.54, 1.807) is 30.7 Å². The topological polar surface area (TPSA) is 90.1 Å². The van der Waals surface area contributed by atoms with Gasteiger partial charge in [0.15, 0.2) is 0 Å². The van der Waals surface area contributed by atoms with Gasteiger partial charge in [0, 0.05) is 11.3 Å². The molecule has 156 valence electrons. The van der Waals surface area contributed by atoms with Crippen LogP contribution in [0, 0.1) is 24.0 Å². The molecule has 30 heavy (non-hydrogen) atoms. The van der Waals surface area contributed by atoms with Crippen molar-refractivity contribution in [3.05, 3.63) is 86.2 Å².